The normalized spacial score (nSPS) is 14.6. The van der Waals surface area contributed by atoms with Gasteiger partial charge in [0, 0.05) is 0 Å². The second-order valence-corrected chi connectivity index (χ2v) is 2.15. The molecule has 1 aliphatic heterocycles. The zero-order valence-corrected chi connectivity index (χ0v) is 6.65. The molecule has 0 saturated carbocycles. The maximum Gasteiger partial charge on any atom is 0.116 e. The SMILES string of the molecule is C1CNC1.C=C/C=C\C(=C)F. The quantitative estimate of drug-likeness (QED) is 0.603. The summed E-state index contributed by atoms with van der Waals surface area (Å²) in [6.45, 7) is 8.83. The topological polar surface area (TPSA) is 12.0 Å². The summed E-state index contributed by atoms with van der Waals surface area (Å²) in [6, 6.07) is 0. The third kappa shape index (κ3) is 9.11. The molecule has 0 bridgehead atoms. The molecule has 1 aliphatic rings. The number of hydrogen-bond donors (Lipinski definition) is 1. The van der Waals surface area contributed by atoms with E-state index in [1.165, 1.54) is 37.7 Å². The van der Waals surface area contributed by atoms with E-state index in [4.69, 9.17) is 0 Å². The second kappa shape index (κ2) is 7.22. The molecule has 0 radical (unpaired) electrons. The molecule has 0 spiro atoms. The van der Waals surface area contributed by atoms with Gasteiger partial charge in [-0.1, -0.05) is 25.3 Å². The maximum atomic E-state index is 11.6. The lowest BCUT2D eigenvalue weighted by molar-refractivity contribution is 0.527. The van der Waals surface area contributed by atoms with Crippen molar-refractivity contribution in [1.82, 2.24) is 5.32 Å². The highest BCUT2D eigenvalue weighted by Gasteiger charge is 1.92. The molecule has 1 rings (SSSR count). The van der Waals surface area contributed by atoms with E-state index >= 15 is 0 Å². The molecule has 1 saturated heterocycles. The summed E-state index contributed by atoms with van der Waals surface area (Å²) < 4.78 is 11.6. The minimum atomic E-state index is -0.445. The summed E-state index contributed by atoms with van der Waals surface area (Å²) in [5.41, 5.74) is 0. The Kier molecular flexibility index (Phi) is 6.64. The van der Waals surface area contributed by atoms with E-state index in [2.05, 4.69) is 18.5 Å². The molecule has 1 heterocycles. The second-order valence-electron chi connectivity index (χ2n) is 2.15. The van der Waals surface area contributed by atoms with Crippen molar-refractivity contribution in [2.75, 3.05) is 13.1 Å². The van der Waals surface area contributed by atoms with Gasteiger partial charge >= 0.3 is 0 Å². The van der Waals surface area contributed by atoms with Gasteiger partial charge in [-0.15, -0.1) is 0 Å². The Hall–Kier alpha value is -0.890. The largest absolute Gasteiger partial charge is 0.317 e. The van der Waals surface area contributed by atoms with Crippen LogP contribution in [-0.4, -0.2) is 13.1 Å². The van der Waals surface area contributed by atoms with Crippen LogP contribution in [0.25, 0.3) is 0 Å². The average molecular weight is 155 g/mol. The van der Waals surface area contributed by atoms with Gasteiger partial charge in [0.15, 0.2) is 0 Å². The Labute approximate surface area is 67.3 Å². The fraction of sp³-hybridized carbons (Fsp3) is 0.333. The van der Waals surface area contributed by atoms with Crippen molar-refractivity contribution in [2.24, 2.45) is 0 Å². The fourth-order valence-corrected chi connectivity index (χ4v) is 0.349. The van der Waals surface area contributed by atoms with Gasteiger partial charge in [-0.2, -0.15) is 0 Å². The van der Waals surface area contributed by atoms with E-state index in [1.807, 2.05) is 0 Å². The van der Waals surface area contributed by atoms with Crippen LogP contribution in [0.15, 0.2) is 37.2 Å². The van der Waals surface area contributed by atoms with Crippen LogP contribution in [0.3, 0.4) is 0 Å². The molecule has 11 heavy (non-hydrogen) atoms. The number of hydrogen-bond acceptors (Lipinski definition) is 1. The molecule has 1 N–H and O–H groups in total. The summed E-state index contributed by atoms with van der Waals surface area (Å²) in [4.78, 5) is 0. The first-order valence-electron chi connectivity index (χ1n) is 3.61. The van der Waals surface area contributed by atoms with Crippen molar-refractivity contribution in [3.05, 3.63) is 37.2 Å². The predicted octanol–water partition coefficient (Wildman–Crippen LogP) is 2.19. The summed E-state index contributed by atoms with van der Waals surface area (Å²) >= 11 is 0. The Balaban J connectivity index is 0.000000207. The monoisotopic (exact) mass is 155 g/mol. The first-order chi connectivity index (χ1) is 5.27. The zero-order valence-electron chi connectivity index (χ0n) is 6.65. The summed E-state index contributed by atoms with van der Waals surface area (Å²) in [6.07, 6.45) is 5.61. The minimum Gasteiger partial charge on any atom is -0.317 e. The van der Waals surface area contributed by atoms with E-state index in [9.17, 15) is 4.39 Å². The number of nitrogens with one attached hydrogen (secondary N) is 1. The summed E-state index contributed by atoms with van der Waals surface area (Å²) in [7, 11) is 0. The van der Waals surface area contributed by atoms with Crippen molar-refractivity contribution >= 4 is 0 Å². The van der Waals surface area contributed by atoms with Crippen LogP contribution in [0.4, 0.5) is 4.39 Å². The predicted molar refractivity (Wildman–Crippen MR) is 47.1 cm³/mol. The van der Waals surface area contributed by atoms with Gasteiger partial charge < -0.3 is 5.32 Å². The molecule has 0 aromatic carbocycles. The molecule has 1 nitrogen and oxygen atoms in total. The molecular weight excluding hydrogens is 141 g/mol. The smallest absolute Gasteiger partial charge is 0.116 e. The van der Waals surface area contributed by atoms with Gasteiger partial charge in [-0.05, 0) is 25.6 Å². The average Bonchev–Trinajstić information content (AvgIpc) is 1.79. The highest BCUT2D eigenvalue weighted by Crippen LogP contribution is 1.90. The molecule has 0 aromatic heterocycles. The van der Waals surface area contributed by atoms with Crippen LogP contribution in [0, 0.1) is 0 Å². The first kappa shape index (κ1) is 10.1. The Morgan fingerprint density at radius 1 is 1.45 bits per heavy atom. The highest BCUT2D eigenvalue weighted by molar-refractivity contribution is 5.11. The van der Waals surface area contributed by atoms with Crippen molar-refractivity contribution in [1.29, 1.82) is 0 Å². The van der Waals surface area contributed by atoms with Gasteiger partial charge in [-0.25, -0.2) is 4.39 Å². The number of halogens is 1. The molecule has 0 aliphatic carbocycles. The molecule has 1 fully saturated rings. The minimum absolute atomic E-state index is 0.445. The standard InChI is InChI=1S/C6H7F.C3H7N/c1-3-4-5-6(2)7;1-2-4-3-1/h3-5H,1-2H2;4H,1-3H2/b5-4-;. The maximum absolute atomic E-state index is 11.6. The fourth-order valence-electron chi connectivity index (χ4n) is 0.349. The number of allylic oxidation sites excluding steroid dienone is 4. The third-order valence-corrected chi connectivity index (χ3v) is 1.12. The number of rotatable bonds is 2. The highest BCUT2D eigenvalue weighted by atomic mass is 19.1. The van der Waals surface area contributed by atoms with E-state index < -0.39 is 5.83 Å². The molecule has 2 heteroatoms. The Morgan fingerprint density at radius 2 is 1.91 bits per heavy atom. The van der Waals surface area contributed by atoms with Crippen LogP contribution < -0.4 is 5.32 Å². The summed E-state index contributed by atoms with van der Waals surface area (Å²) in [5.74, 6) is -0.445. The van der Waals surface area contributed by atoms with Gasteiger partial charge in [0.05, 0.1) is 0 Å². The van der Waals surface area contributed by atoms with E-state index in [1.54, 1.807) is 0 Å². The van der Waals surface area contributed by atoms with Gasteiger partial charge in [0.25, 0.3) is 0 Å². The molecule has 62 valence electrons. The van der Waals surface area contributed by atoms with Crippen molar-refractivity contribution < 1.29 is 4.39 Å². The Bertz CT molecular complexity index is 142. The first-order valence-corrected chi connectivity index (χ1v) is 3.61. The van der Waals surface area contributed by atoms with Crippen molar-refractivity contribution in [3.8, 4) is 0 Å². The van der Waals surface area contributed by atoms with E-state index in [0.717, 1.165) is 0 Å². The molecular formula is C9H14FN. The van der Waals surface area contributed by atoms with Gasteiger partial charge in [0.2, 0.25) is 0 Å². The molecule has 0 aromatic rings. The van der Waals surface area contributed by atoms with Gasteiger partial charge in [-0.3, -0.25) is 0 Å². The summed E-state index contributed by atoms with van der Waals surface area (Å²) in [5, 5.41) is 3.11. The molecule has 0 unspecified atom stereocenters. The zero-order chi connectivity index (χ0) is 8.53. The lowest BCUT2D eigenvalue weighted by Crippen LogP contribution is -2.29. The Morgan fingerprint density at radius 3 is 2.00 bits per heavy atom. The van der Waals surface area contributed by atoms with Crippen LogP contribution in [0.1, 0.15) is 6.42 Å². The van der Waals surface area contributed by atoms with Crippen molar-refractivity contribution in [2.45, 2.75) is 6.42 Å². The molecule has 0 atom stereocenters. The lowest BCUT2D eigenvalue weighted by atomic mass is 10.3. The van der Waals surface area contributed by atoms with Crippen LogP contribution in [0.2, 0.25) is 0 Å². The van der Waals surface area contributed by atoms with E-state index in [-0.39, 0.29) is 0 Å². The van der Waals surface area contributed by atoms with Crippen molar-refractivity contribution in [3.63, 3.8) is 0 Å². The lowest BCUT2D eigenvalue weighted by Gasteiger charge is -2.09. The van der Waals surface area contributed by atoms with Crippen LogP contribution in [0.5, 0.6) is 0 Å². The van der Waals surface area contributed by atoms with E-state index in [0.29, 0.717) is 0 Å². The third-order valence-electron chi connectivity index (χ3n) is 1.12. The van der Waals surface area contributed by atoms with Crippen LogP contribution >= 0.6 is 0 Å². The van der Waals surface area contributed by atoms with Gasteiger partial charge in [0.1, 0.15) is 5.83 Å². The molecule has 0 amide bonds. The van der Waals surface area contributed by atoms with Crippen LogP contribution in [-0.2, 0) is 0 Å².